The number of nitrogens with zero attached hydrogens (tertiary/aromatic N) is 2. The summed E-state index contributed by atoms with van der Waals surface area (Å²) in [7, 11) is 0. The highest BCUT2D eigenvalue weighted by Gasteiger charge is 2.16. The molecule has 1 aromatic carbocycles. The second-order valence-corrected chi connectivity index (χ2v) is 6.69. The minimum absolute atomic E-state index is 0.0176. The Bertz CT molecular complexity index is 864. The highest BCUT2D eigenvalue weighted by molar-refractivity contribution is 9.09. The third-order valence-electron chi connectivity index (χ3n) is 3.29. The van der Waals surface area contributed by atoms with Crippen LogP contribution in [0.5, 0.6) is 5.75 Å². The molecule has 0 saturated carbocycles. The van der Waals surface area contributed by atoms with Gasteiger partial charge < -0.3 is 9.51 Å². The van der Waals surface area contributed by atoms with Crippen molar-refractivity contribution in [1.29, 1.82) is 0 Å². The van der Waals surface area contributed by atoms with E-state index in [4.69, 9.17) is 34.8 Å². The third-order valence-corrected chi connectivity index (χ3v) is 4.95. The summed E-state index contributed by atoms with van der Waals surface area (Å²) in [5, 5.41) is 11.7. The number of alkyl halides is 1. The number of pyridine rings is 1. The molecule has 7 heteroatoms. The first kappa shape index (κ1) is 15.9. The van der Waals surface area contributed by atoms with Crippen LogP contribution < -0.4 is 0 Å². The number of hydrogen-bond acceptors (Lipinski definition) is 2. The normalized spacial score (nSPS) is 11.3. The summed E-state index contributed by atoms with van der Waals surface area (Å²) in [6.07, 6.45) is 4.68. The van der Waals surface area contributed by atoms with Crippen molar-refractivity contribution in [1.82, 2.24) is 9.38 Å². The van der Waals surface area contributed by atoms with Gasteiger partial charge in [-0.3, -0.25) is 0 Å². The van der Waals surface area contributed by atoms with Crippen LogP contribution in [-0.4, -0.2) is 19.8 Å². The van der Waals surface area contributed by atoms with E-state index in [9.17, 15) is 5.11 Å². The van der Waals surface area contributed by atoms with Crippen LogP contribution in [0.25, 0.3) is 16.8 Å². The predicted octanol–water partition coefficient (Wildman–Crippen LogP) is 5.60. The van der Waals surface area contributed by atoms with E-state index < -0.39 is 0 Å². The van der Waals surface area contributed by atoms with Gasteiger partial charge in [-0.15, -0.1) is 0 Å². The molecule has 0 aliphatic carbocycles. The van der Waals surface area contributed by atoms with Gasteiger partial charge in [-0.2, -0.15) is 0 Å². The lowest BCUT2D eigenvalue weighted by atomic mass is 10.1. The lowest BCUT2D eigenvalue weighted by molar-refractivity contribution is 0.477. The molecule has 0 radical (unpaired) electrons. The molecular weight excluding hydrogens is 410 g/mol. The van der Waals surface area contributed by atoms with Crippen LogP contribution in [0.3, 0.4) is 0 Å². The molecule has 3 nitrogen and oxygen atoms in total. The van der Waals surface area contributed by atoms with Gasteiger partial charge in [0.15, 0.2) is 0 Å². The highest BCUT2D eigenvalue weighted by Crippen LogP contribution is 2.44. The van der Waals surface area contributed by atoms with Crippen LogP contribution in [0.2, 0.25) is 15.1 Å². The average Bonchev–Trinajstić information content (AvgIpc) is 2.87. The zero-order chi connectivity index (χ0) is 15.9. The van der Waals surface area contributed by atoms with E-state index in [0.717, 1.165) is 28.7 Å². The van der Waals surface area contributed by atoms with Gasteiger partial charge in [-0.05, 0) is 17.7 Å². The number of aromatic hydroxyl groups is 1. The maximum absolute atomic E-state index is 10.2. The van der Waals surface area contributed by atoms with Crippen LogP contribution in [0, 0.1) is 0 Å². The number of phenolic OH excluding ortho intramolecular Hbond substituents is 1. The first-order chi connectivity index (χ1) is 10.5. The van der Waals surface area contributed by atoms with Crippen molar-refractivity contribution in [2.75, 3.05) is 5.33 Å². The Labute approximate surface area is 150 Å². The molecule has 0 fully saturated rings. The van der Waals surface area contributed by atoms with Crippen molar-refractivity contribution < 1.29 is 5.11 Å². The van der Waals surface area contributed by atoms with Gasteiger partial charge in [0, 0.05) is 35.8 Å². The summed E-state index contributed by atoms with van der Waals surface area (Å²) in [6, 6.07) is 5.08. The number of phenols is 1. The van der Waals surface area contributed by atoms with Gasteiger partial charge in [0.05, 0.1) is 20.8 Å². The van der Waals surface area contributed by atoms with E-state index in [1.54, 1.807) is 0 Å². The molecule has 0 aliphatic heterocycles. The summed E-state index contributed by atoms with van der Waals surface area (Å²) in [5.74, 6) is -0.0176. The zero-order valence-electron chi connectivity index (χ0n) is 11.2. The van der Waals surface area contributed by atoms with Gasteiger partial charge in [0.2, 0.25) is 0 Å². The molecule has 0 amide bonds. The van der Waals surface area contributed by atoms with Crippen molar-refractivity contribution in [3.63, 3.8) is 0 Å². The molecule has 2 aromatic heterocycles. The number of halogens is 4. The number of benzene rings is 1. The molecule has 0 aliphatic rings. The Balaban J connectivity index is 2.16. The first-order valence-electron chi connectivity index (χ1n) is 6.41. The predicted molar refractivity (Wildman–Crippen MR) is 94.8 cm³/mol. The Morgan fingerprint density at radius 2 is 1.95 bits per heavy atom. The molecule has 114 valence electrons. The lowest BCUT2D eigenvalue weighted by Crippen LogP contribution is -1.87. The van der Waals surface area contributed by atoms with Gasteiger partial charge in [0.25, 0.3) is 0 Å². The van der Waals surface area contributed by atoms with Gasteiger partial charge >= 0.3 is 0 Å². The molecule has 0 atom stereocenters. The van der Waals surface area contributed by atoms with E-state index >= 15 is 0 Å². The van der Waals surface area contributed by atoms with Gasteiger partial charge in [0.1, 0.15) is 11.4 Å². The van der Waals surface area contributed by atoms with Crippen LogP contribution in [0.4, 0.5) is 0 Å². The van der Waals surface area contributed by atoms with Crippen LogP contribution in [0.1, 0.15) is 5.69 Å². The minimum Gasteiger partial charge on any atom is -0.507 e. The fourth-order valence-corrected chi connectivity index (χ4v) is 3.37. The fraction of sp³-hybridized carbons (Fsp3) is 0.133. The Morgan fingerprint density at radius 3 is 2.68 bits per heavy atom. The summed E-state index contributed by atoms with van der Waals surface area (Å²) >= 11 is 21.6. The second-order valence-electron chi connectivity index (χ2n) is 4.73. The number of aromatic nitrogens is 2. The van der Waals surface area contributed by atoms with Crippen LogP contribution in [0.15, 0.2) is 30.6 Å². The zero-order valence-corrected chi connectivity index (χ0v) is 15.0. The van der Waals surface area contributed by atoms with Crippen LogP contribution in [-0.2, 0) is 6.42 Å². The molecule has 0 bridgehead atoms. The van der Waals surface area contributed by atoms with E-state index in [-0.39, 0.29) is 20.8 Å². The highest BCUT2D eigenvalue weighted by atomic mass is 79.9. The number of rotatable bonds is 3. The summed E-state index contributed by atoms with van der Waals surface area (Å²) in [5.41, 5.74) is 2.93. The molecule has 1 N–H and O–H groups in total. The largest absolute Gasteiger partial charge is 0.507 e. The molecule has 0 saturated heterocycles. The van der Waals surface area contributed by atoms with Crippen molar-refractivity contribution in [3.05, 3.63) is 51.4 Å². The monoisotopic (exact) mass is 418 g/mol. The molecule has 22 heavy (non-hydrogen) atoms. The summed E-state index contributed by atoms with van der Waals surface area (Å²) < 4.78 is 1.92. The number of hydrogen-bond donors (Lipinski definition) is 1. The van der Waals surface area contributed by atoms with Crippen molar-refractivity contribution in [3.8, 4) is 16.9 Å². The van der Waals surface area contributed by atoms with Crippen molar-refractivity contribution in [2.45, 2.75) is 6.42 Å². The standard InChI is InChI=1S/C15H10BrCl3N2O/c16-3-1-9-7-21-4-2-8(5-12(21)20-9)13-11(22)6-10(17)14(18)15(13)19/h2,4-7,22H,1,3H2. The Hall–Kier alpha value is -0.940. The molecule has 0 unspecified atom stereocenters. The smallest absolute Gasteiger partial charge is 0.137 e. The van der Waals surface area contributed by atoms with Gasteiger partial charge in [-0.25, -0.2) is 4.98 Å². The van der Waals surface area contributed by atoms with E-state index in [1.807, 2.05) is 28.9 Å². The fourth-order valence-electron chi connectivity index (χ4n) is 2.26. The van der Waals surface area contributed by atoms with E-state index in [1.165, 1.54) is 6.07 Å². The van der Waals surface area contributed by atoms with Crippen molar-refractivity contribution >= 4 is 56.4 Å². The lowest BCUT2D eigenvalue weighted by Gasteiger charge is -2.10. The number of imidazole rings is 1. The summed E-state index contributed by atoms with van der Waals surface area (Å²) in [4.78, 5) is 4.54. The second kappa shape index (κ2) is 6.28. The SMILES string of the molecule is Oc1cc(Cl)c(Cl)c(Cl)c1-c1ccn2cc(CCBr)nc2c1. The van der Waals surface area contributed by atoms with Gasteiger partial charge in [-0.1, -0.05) is 50.7 Å². The quantitative estimate of drug-likeness (QED) is 0.442. The maximum atomic E-state index is 10.2. The Morgan fingerprint density at radius 1 is 1.18 bits per heavy atom. The van der Waals surface area contributed by atoms with E-state index in [0.29, 0.717) is 5.56 Å². The topological polar surface area (TPSA) is 37.5 Å². The number of fused-ring (bicyclic) bond motifs is 1. The number of aryl methyl sites for hydroxylation is 1. The minimum atomic E-state index is -0.0176. The molecule has 3 aromatic rings. The van der Waals surface area contributed by atoms with Crippen LogP contribution >= 0.6 is 50.7 Å². The Kier molecular flexibility index (Phi) is 4.55. The van der Waals surface area contributed by atoms with Crippen molar-refractivity contribution in [2.24, 2.45) is 0 Å². The molecule has 0 spiro atoms. The molecular formula is C15H10BrCl3N2O. The third kappa shape index (κ3) is 2.81. The summed E-state index contributed by atoms with van der Waals surface area (Å²) in [6.45, 7) is 0. The average molecular weight is 421 g/mol. The van der Waals surface area contributed by atoms with E-state index in [2.05, 4.69) is 20.9 Å². The molecule has 2 heterocycles. The molecule has 3 rings (SSSR count). The first-order valence-corrected chi connectivity index (χ1v) is 8.67. The maximum Gasteiger partial charge on any atom is 0.137 e.